The second kappa shape index (κ2) is 9.84. The number of nitrogens with one attached hydrogen (secondary N) is 1. The lowest BCUT2D eigenvalue weighted by atomic mass is 9.97. The summed E-state index contributed by atoms with van der Waals surface area (Å²) in [5, 5.41) is 7.33. The Balaban J connectivity index is 0.00000300. The number of hydrogen-bond donors (Lipinski definition) is 1. The van der Waals surface area contributed by atoms with E-state index in [1.165, 1.54) is 12.1 Å². The molecule has 1 fully saturated rings. The second-order valence-electron chi connectivity index (χ2n) is 8.06. The Labute approximate surface area is 188 Å². The quantitative estimate of drug-likeness (QED) is 0.381. The van der Waals surface area contributed by atoms with Crippen molar-refractivity contribution in [1.29, 1.82) is 0 Å². The number of aliphatic imine (C=N–C) groups is 1. The van der Waals surface area contributed by atoms with Gasteiger partial charge in [0.05, 0.1) is 19.2 Å². The van der Waals surface area contributed by atoms with Gasteiger partial charge in [0, 0.05) is 19.0 Å². The van der Waals surface area contributed by atoms with Crippen molar-refractivity contribution in [3.63, 3.8) is 0 Å². The largest absolute Gasteiger partial charge is 0.367 e. The second-order valence-corrected chi connectivity index (χ2v) is 8.06. The highest BCUT2D eigenvalue weighted by Gasteiger charge is 2.29. The molecule has 0 aliphatic carbocycles. The summed E-state index contributed by atoms with van der Waals surface area (Å²) in [6.45, 7) is 9.85. The third-order valence-corrected chi connectivity index (χ3v) is 4.53. The Morgan fingerprint density at radius 1 is 1.28 bits per heavy atom. The molecule has 9 heteroatoms. The van der Waals surface area contributed by atoms with Crippen molar-refractivity contribution in [3.8, 4) is 0 Å². The fourth-order valence-corrected chi connectivity index (χ4v) is 3.11. The van der Waals surface area contributed by atoms with Gasteiger partial charge in [-0.05, 0) is 24.6 Å². The van der Waals surface area contributed by atoms with Gasteiger partial charge in [0.2, 0.25) is 5.89 Å². The summed E-state index contributed by atoms with van der Waals surface area (Å²) in [7, 11) is 1.74. The highest BCUT2D eigenvalue weighted by atomic mass is 127. The number of guanidine groups is 1. The first kappa shape index (κ1) is 23.5. The maximum absolute atomic E-state index is 13.2. The van der Waals surface area contributed by atoms with Gasteiger partial charge in [-0.1, -0.05) is 38.1 Å². The standard InChI is InChI=1S/C20H28FN5O2.HI/c1-13-11-26(12-16(27-13)14-6-8-15(21)9-7-14)19(22-5)23-10-17-24-18(28-25-17)20(2,3)4;/h6-9,13,16H,10-12H2,1-5H3,(H,22,23);1H. The lowest BCUT2D eigenvalue weighted by Gasteiger charge is -2.38. The van der Waals surface area contributed by atoms with Gasteiger partial charge in [-0.15, -0.1) is 24.0 Å². The zero-order valence-corrected chi connectivity index (χ0v) is 19.8. The lowest BCUT2D eigenvalue weighted by molar-refractivity contribution is -0.0605. The van der Waals surface area contributed by atoms with Crippen LogP contribution in [0.3, 0.4) is 0 Å². The van der Waals surface area contributed by atoms with Gasteiger partial charge >= 0.3 is 0 Å². The summed E-state index contributed by atoms with van der Waals surface area (Å²) in [5.41, 5.74) is 0.760. The van der Waals surface area contributed by atoms with Crippen LogP contribution in [0, 0.1) is 5.82 Å². The summed E-state index contributed by atoms with van der Waals surface area (Å²) >= 11 is 0. The van der Waals surface area contributed by atoms with Crippen LogP contribution in [0.4, 0.5) is 4.39 Å². The first-order valence-electron chi connectivity index (χ1n) is 9.46. The summed E-state index contributed by atoms with van der Waals surface area (Å²) in [6.07, 6.45) is -0.138. The monoisotopic (exact) mass is 517 g/mol. The van der Waals surface area contributed by atoms with E-state index in [0.717, 1.165) is 11.5 Å². The average Bonchev–Trinajstić information content (AvgIpc) is 3.12. The minimum absolute atomic E-state index is 0. The Bertz CT molecular complexity index is 819. The van der Waals surface area contributed by atoms with Crippen molar-refractivity contribution in [2.24, 2.45) is 4.99 Å². The van der Waals surface area contributed by atoms with Crippen molar-refractivity contribution in [2.75, 3.05) is 20.1 Å². The van der Waals surface area contributed by atoms with Crippen LogP contribution >= 0.6 is 24.0 Å². The topological polar surface area (TPSA) is 75.8 Å². The Hall–Kier alpha value is -1.75. The van der Waals surface area contributed by atoms with Gasteiger partial charge in [0.15, 0.2) is 11.8 Å². The minimum Gasteiger partial charge on any atom is -0.367 e. The van der Waals surface area contributed by atoms with E-state index in [0.29, 0.717) is 31.3 Å². The molecule has 0 amide bonds. The molecule has 2 aromatic rings. The average molecular weight is 517 g/mol. The van der Waals surface area contributed by atoms with Crippen molar-refractivity contribution < 1.29 is 13.7 Å². The summed E-state index contributed by atoms with van der Waals surface area (Å²) in [4.78, 5) is 11.0. The molecule has 0 bridgehead atoms. The number of ether oxygens (including phenoxy) is 1. The number of rotatable bonds is 3. The van der Waals surface area contributed by atoms with Crippen molar-refractivity contribution >= 4 is 29.9 Å². The van der Waals surface area contributed by atoms with E-state index in [2.05, 4.69) is 25.3 Å². The number of benzene rings is 1. The summed E-state index contributed by atoms with van der Waals surface area (Å²) in [5.74, 6) is 1.68. The number of hydrogen-bond acceptors (Lipinski definition) is 5. The predicted octanol–water partition coefficient (Wildman–Crippen LogP) is 3.66. The number of halogens is 2. The van der Waals surface area contributed by atoms with Gasteiger partial charge < -0.3 is 19.5 Å². The highest BCUT2D eigenvalue weighted by molar-refractivity contribution is 14.0. The molecule has 2 heterocycles. The molecule has 1 aromatic heterocycles. The number of morpholine rings is 1. The molecule has 1 aliphatic rings. The Morgan fingerprint density at radius 2 is 1.97 bits per heavy atom. The van der Waals surface area contributed by atoms with Gasteiger partial charge in [-0.25, -0.2) is 4.39 Å². The third kappa shape index (κ3) is 6.11. The molecule has 1 aromatic carbocycles. The zero-order chi connectivity index (χ0) is 20.3. The van der Waals surface area contributed by atoms with Gasteiger partial charge in [-0.3, -0.25) is 4.99 Å². The van der Waals surface area contributed by atoms with Crippen LogP contribution in [0.1, 0.15) is 51.1 Å². The maximum atomic E-state index is 13.2. The van der Waals surface area contributed by atoms with Crippen LogP contribution in [0.25, 0.3) is 0 Å². The van der Waals surface area contributed by atoms with E-state index >= 15 is 0 Å². The van der Waals surface area contributed by atoms with Crippen molar-refractivity contribution in [3.05, 3.63) is 47.4 Å². The minimum atomic E-state index is -0.253. The third-order valence-electron chi connectivity index (χ3n) is 4.53. The molecule has 2 unspecified atom stereocenters. The molecule has 29 heavy (non-hydrogen) atoms. The number of nitrogens with zero attached hydrogens (tertiary/aromatic N) is 4. The SMILES string of the molecule is CN=C(NCc1noc(C(C)(C)C)n1)N1CC(C)OC(c2ccc(F)cc2)C1.I. The van der Waals surface area contributed by atoms with Crippen LogP contribution in [0.5, 0.6) is 0 Å². The zero-order valence-electron chi connectivity index (χ0n) is 17.5. The molecule has 0 spiro atoms. The van der Waals surface area contributed by atoms with Crippen LogP contribution < -0.4 is 5.32 Å². The van der Waals surface area contributed by atoms with E-state index in [9.17, 15) is 4.39 Å². The van der Waals surface area contributed by atoms with Gasteiger partial charge in [-0.2, -0.15) is 4.98 Å². The normalized spacial score (nSPS) is 20.3. The van der Waals surface area contributed by atoms with Crippen molar-refractivity contribution in [1.82, 2.24) is 20.4 Å². The molecule has 0 radical (unpaired) electrons. The van der Waals surface area contributed by atoms with Crippen LogP contribution in [-0.4, -0.2) is 47.2 Å². The molecule has 7 nitrogen and oxygen atoms in total. The molecule has 1 saturated heterocycles. The fraction of sp³-hybridized carbons (Fsp3) is 0.550. The Kier molecular flexibility index (Phi) is 7.98. The lowest BCUT2D eigenvalue weighted by Crippen LogP contribution is -2.50. The van der Waals surface area contributed by atoms with Crippen LogP contribution in [0.2, 0.25) is 0 Å². The summed E-state index contributed by atoms with van der Waals surface area (Å²) < 4.78 is 24.6. The van der Waals surface area contributed by atoms with E-state index < -0.39 is 0 Å². The summed E-state index contributed by atoms with van der Waals surface area (Å²) in [6, 6.07) is 6.44. The van der Waals surface area contributed by atoms with Gasteiger partial charge in [0.25, 0.3) is 0 Å². The van der Waals surface area contributed by atoms with Crippen LogP contribution in [0.15, 0.2) is 33.8 Å². The van der Waals surface area contributed by atoms with Crippen molar-refractivity contribution in [2.45, 2.75) is 51.9 Å². The van der Waals surface area contributed by atoms with E-state index in [-0.39, 0.29) is 47.4 Å². The molecule has 2 atom stereocenters. The van der Waals surface area contributed by atoms with Gasteiger partial charge in [0.1, 0.15) is 11.9 Å². The molecular formula is C20H29FIN5O2. The maximum Gasteiger partial charge on any atom is 0.232 e. The fourth-order valence-electron chi connectivity index (χ4n) is 3.11. The van der Waals surface area contributed by atoms with E-state index in [1.807, 2.05) is 27.7 Å². The van der Waals surface area contributed by atoms with Crippen LogP contribution in [-0.2, 0) is 16.7 Å². The molecular weight excluding hydrogens is 488 g/mol. The first-order valence-corrected chi connectivity index (χ1v) is 9.46. The first-order chi connectivity index (χ1) is 13.3. The van der Waals surface area contributed by atoms with E-state index in [4.69, 9.17) is 9.26 Å². The molecule has 1 N–H and O–H groups in total. The predicted molar refractivity (Wildman–Crippen MR) is 120 cm³/mol. The molecule has 1 aliphatic heterocycles. The smallest absolute Gasteiger partial charge is 0.232 e. The van der Waals surface area contributed by atoms with E-state index in [1.54, 1.807) is 19.2 Å². The molecule has 3 rings (SSSR count). The highest BCUT2D eigenvalue weighted by Crippen LogP contribution is 2.25. The molecule has 160 valence electrons. The Morgan fingerprint density at radius 3 is 2.55 bits per heavy atom. The number of aromatic nitrogens is 2. The molecule has 0 saturated carbocycles.